The number of aromatic nitrogens is 3. The van der Waals surface area contributed by atoms with Crippen molar-refractivity contribution in [3.8, 4) is 0 Å². The number of hydrogen-bond acceptors (Lipinski definition) is 7. The Morgan fingerprint density at radius 2 is 2.00 bits per heavy atom. The topological polar surface area (TPSA) is 154 Å². The molecule has 10 nitrogen and oxygen atoms in total. The Morgan fingerprint density at radius 1 is 1.26 bits per heavy atom. The van der Waals surface area contributed by atoms with E-state index < -0.39 is 17.2 Å². The van der Waals surface area contributed by atoms with E-state index in [-0.39, 0.29) is 17.6 Å². The van der Waals surface area contributed by atoms with Gasteiger partial charge in [-0.1, -0.05) is 0 Å². The number of benzene rings is 1. The van der Waals surface area contributed by atoms with Crippen molar-refractivity contribution in [2.24, 2.45) is 5.92 Å². The van der Waals surface area contributed by atoms with Crippen LogP contribution in [0.3, 0.4) is 0 Å². The summed E-state index contributed by atoms with van der Waals surface area (Å²) in [7, 11) is -6.37. The number of anilines is 2. The quantitative estimate of drug-likeness (QED) is 0.267. The van der Waals surface area contributed by atoms with Crippen LogP contribution in [0.2, 0.25) is 0 Å². The van der Waals surface area contributed by atoms with Crippen LogP contribution in [0.4, 0.5) is 11.5 Å². The van der Waals surface area contributed by atoms with E-state index in [2.05, 4.69) is 25.6 Å². The number of rotatable bonds is 8. The summed E-state index contributed by atoms with van der Waals surface area (Å²) in [5.41, 5.74) is 3.41. The van der Waals surface area contributed by atoms with Gasteiger partial charge in [0.15, 0.2) is 0 Å². The maximum atomic E-state index is 12.7. The number of aromatic amines is 1. The fourth-order valence-corrected chi connectivity index (χ4v) is 5.58. The molecule has 0 aliphatic heterocycles. The molecule has 34 heavy (non-hydrogen) atoms. The molecule has 1 aromatic carbocycles. The number of fused-ring (bicyclic) bond motifs is 3. The van der Waals surface area contributed by atoms with E-state index in [0.717, 1.165) is 16.6 Å². The first-order valence-corrected chi connectivity index (χ1v) is 15.2. The predicted molar refractivity (Wildman–Crippen MR) is 132 cm³/mol. The summed E-state index contributed by atoms with van der Waals surface area (Å²) >= 11 is 0. The molecule has 12 heteroatoms. The average Bonchev–Trinajstić information content (AvgIpc) is 3.14. The molecule has 1 amide bonds. The number of hydrogen-bond donors (Lipinski definition) is 4. The van der Waals surface area contributed by atoms with E-state index in [1.165, 1.54) is 19.2 Å². The van der Waals surface area contributed by atoms with Crippen LogP contribution in [0.5, 0.6) is 0 Å². The van der Waals surface area contributed by atoms with Gasteiger partial charge in [-0.15, -0.1) is 0 Å². The van der Waals surface area contributed by atoms with Crippen LogP contribution in [-0.2, 0) is 32.0 Å². The molecule has 1 aliphatic rings. The van der Waals surface area contributed by atoms with Crippen LogP contribution in [0, 0.1) is 5.92 Å². The highest BCUT2D eigenvalue weighted by atomic mass is 32.2. The molecule has 3 aromatic rings. The van der Waals surface area contributed by atoms with Crippen LogP contribution in [0.15, 0.2) is 30.6 Å². The molecular weight excluding hydrogens is 477 g/mol. The molecule has 2 heterocycles. The van der Waals surface area contributed by atoms with Crippen LogP contribution in [-0.4, -0.2) is 59.4 Å². The van der Waals surface area contributed by atoms with Gasteiger partial charge in [0.2, 0.25) is 13.3 Å². The SMILES string of the molecule is CP(=O)(O)c1ccc(Nc2ncnc3[nH]c4c(c23)CC(C(=O)NCCCS(C)(=O)=O)CC4)cc1. The third-order valence-electron chi connectivity index (χ3n) is 5.95. The van der Waals surface area contributed by atoms with Gasteiger partial charge in [-0.05, 0) is 55.5 Å². The van der Waals surface area contributed by atoms with Gasteiger partial charge in [0.05, 0.1) is 11.1 Å². The maximum absolute atomic E-state index is 12.7. The lowest BCUT2D eigenvalue weighted by molar-refractivity contribution is -0.125. The molecule has 0 radical (unpaired) electrons. The second-order valence-electron chi connectivity index (χ2n) is 8.79. The Kier molecular flexibility index (Phi) is 6.80. The van der Waals surface area contributed by atoms with Gasteiger partial charge < -0.3 is 20.5 Å². The normalized spacial score (nSPS) is 17.7. The van der Waals surface area contributed by atoms with Crippen molar-refractivity contribution in [1.82, 2.24) is 20.3 Å². The molecule has 182 valence electrons. The Bertz CT molecular complexity index is 1360. The number of nitrogens with zero attached hydrogens (tertiary/aromatic N) is 2. The van der Waals surface area contributed by atoms with Gasteiger partial charge in [-0.2, -0.15) is 0 Å². The predicted octanol–water partition coefficient (Wildman–Crippen LogP) is 1.88. The minimum atomic E-state index is -3.33. The van der Waals surface area contributed by atoms with Crippen LogP contribution >= 0.6 is 7.37 Å². The molecule has 0 saturated heterocycles. The van der Waals surface area contributed by atoms with Crippen molar-refractivity contribution in [1.29, 1.82) is 0 Å². The minimum absolute atomic E-state index is 0.0476. The number of H-pyrrole nitrogens is 1. The van der Waals surface area contributed by atoms with Crippen LogP contribution in [0.25, 0.3) is 11.0 Å². The first-order chi connectivity index (χ1) is 16.0. The average molecular weight is 506 g/mol. The summed E-state index contributed by atoms with van der Waals surface area (Å²) < 4.78 is 34.4. The zero-order chi connectivity index (χ0) is 24.5. The van der Waals surface area contributed by atoms with Gasteiger partial charge in [0.1, 0.15) is 27.6 Å². The van der Waals surface area contributed by atoms with Crippen molar-refractivity contribution in [3.05, 3.63) is 41.9 Å². The number of amides is 1. The minimum Gasteiger partial charge on any atom is -0.356 e. The third kappa shape index (κ3) is 5.65. The van der Waals surface area contributed by atoms with Crippen LogP contribution < -0.4 is 15.9 Å². The van der Waals surface area contributed by atoms with Crippen molar-refractivity contribution >= 4 is 51.0 Å². The summed E-state index contributed by atoms with van der Waals surface area (Å²) in [5, 5.41) is 7.32. The molecule has 0 spiro atoms. The first kappa shape index (κ1) is 24.4. The molecule has 4 rings (SSSR count). The summed E-state index contributed by atoms with van der Waals surface area (Å²) in [6.07, 6.45) is 4.95. The smallest absolute Gasteiger partial charge is 0.226 e. The number of carbonyl (C=O) groups excluding carboxylic acids is 1. The summed E-state index contributed by atoms with van der Waals surface area (Å²) in [6.45, 7) is 1.63. The third-order valence-corrected chi connectivity index (χ3v) is 8.23. The van der Waals surface area contributed by atoms with E-state index in [1.807, 2.05) is 0 Å². The zero-order valence-electron chi connectivity index (χ0n) is 19.0. The molecule has 0 fully saturated rings. The van der Waals surface area contributed by atoms with E-state index >= 15 is 0 Å². The Balaban J connectivity index is 1.52. The number of nitrogens with one attached hydrogen (secondary N) is 3. The lowest BCUT2D eigenvalue weighted by Crippen LogP contribution is -2.35. The standard InChI is InChI=1S/C22H28N5O5PS/c1-33(29,30)16-7-5-15(6-8-16)26-20-19-17-12-14(22(28)23-10-3-11-34(2,31)32)4-9-18(17)27-21(19)25-13-24-20/h5-8,13-14H,3-4,9-12H2,1-2H3,(H,23,28)(H,29,30)(H2,24,25,26,27). The monoisotopic (exact) mass is 505 g/mol. The highest BCUT2D eigenvalue weighted by Crippen LogP contribution is 2.36. The van der Waals surface area contributed by atoms with Crippen molar-refractivity contribution in [3.63, 3.8) is 0 Å². The summed E-state index contributed by atoms with van der Waals surface area (Å²) in [5.74, 6) is 0.336. The molecule has 0 bridgehead atoms. The number of aryl methyl sites for hydroxylation is 1. The van der Waals surface area contributed by atoms with Crippen LogP contribution in [0.1, 0.15) is 24.1 Å². The van der Waals surface area contributed by atoms with E-state index in [9.17, 15) is 22.7 Å². The fourth-order valence-electron chi connectivity index (χ4n) is 4.21. The Morgan fingerprint density at radius 3 is 2.68 bits per heavy atom. The van der Waals surface area contributed by atoms with Gasteiger partial charge in [0.25, 0.3) is 0 Å². The van der Waals surface area contributed by atoms with Gasteiger partial charge in [-0.25, -0.2) is 18.4 Å². The van der Waals surface area contributed by atoms with Crippen molar-refractivity contribution < 1.29 is 22.7 Å². The summed E-state index contributed by atoms with van der Waals surface area (Å²) in [4.78, 5) is 34.6. The molecular formula is C22H28N5O5PS. The molecule has 2 unspecified atom stereocenters. The molecule has 2 atom stereocenters. The number of sulfone groups is 1. The summed E-state index contributed by atoms with van der Waals surface area (Å²) in [6, 6.07) is 6.67. The van der Waals surface area contributed by atoms with Gasteiger partial charge in [0, 0.05) is 42.1 Å². The second-order valence-corrected chi connectivity index (χ2v) is 13.3. The van der Waals surface area contributed by atoms with Crippen molar-refractivity contribution in [2.75, 3.05) is 30.5 Å². The second kappa shape index (κ2) is 9.48. The highest BCUT2D eigenvalue weighted by molar-refractivity contribution is 7.90. The molecule has 2 aromatic heterocycles. The lowest BCUT2D eigenvalue weighted by Gasteiger charge is -2.22. The van der Waals surface area contributed by atoms with Gasteiger partial charge >= 0.3 is 0 Å². The highest BCUT2D eigenvalue weighted by Gasteiger charge is 2.29. The largest absolute Gasteiger partial charge is 0.356 e. The molecule has 4 N–H and O–H groups in total. The van der Waals surface area contributed by atoms with E-state index in [4.69, 9.17) is 0 Å². The zero-order valence-corrected chi connectivity index (χ0v) is 20.7. The van der Waals surface area contributed by atoms with E-state index in [1.54, 1.807) is 24.3 Å². The number of carbonyl (C=O) groups is 1. The Hall–Kier alpha value is -2.75. The van der Waals surface area contributed by atoms with Gasteiger partial charge in [-0.3, -0.25) is 9.36 Å². The lowest BCUT2D eigenvalue weighted by atomic mass is 9.86. The fraction of sp³-hybridized carbons (Fsp3) is 0.409. The maximum Gasteiger partial charge on any atom is 0.226 e. The van der Waals surface area contributed by atoms with Crippen molar-refractivity contribution in [2.45, 2.75) is 25.7 Å². The van der Waals surface area contributed by atoms with E-state index in [0.29, 0.717) is 54.7 Å². The molecule has 0 saturated carbocycles. The first-order valence-electron chi connectivity index (χ1n) is 11.0. The Labute approximate surface area is 198 Å². The molecule has 1 aliphatic carbocycles.